The summed E-state index contributed by atoms with van der Waals surface area (Å²) in [5.74, 6) is 0. The van der Waals surface area contributed by atoms with Crippen LogP contribution in [0.15, 0.2) is 34.7 Å². The van der Waals surface area contributed by atoms with Crippen LogP contribution in [0.4, 0.5) is 0 Å². The van der Waals surface area contributed by atoms with E-state index in [1.807, 2.05) is 36.4 Å². The highest BCUT2D eigenvalue weighted by atomic mass is 32.2. The van der Waals surface area contributed by atoms with E-state index in [2.05, 4.69) is 20.8 Å². The summed E-state index contributed by atoms with van der Waals surface area (Å²) in [7, 11) is 0. The van der Waals surface area contributed by atoms with Gasteiger partial charge < -0.3 is 0 Å². The lowest BCUT2D eigenvalue weighted by Crippen LogP contribution is -2.06. The average Bonchev–Trinajstić information content (AvgIpc) is 2.29. The third-order valence-electron chi connectivity index (χ3n) is 2.31. The number of hydrogen-bond acceptors (Lipinski definition) is 3. The standard InChI is InChI=1S/C15H16N2S/c1-11(13(9-16)10-17)12-5-7-14(8-6-12)18-15(2,3)4/h5-8H,1-4H3. The Labute approximate surface area is 113 Å². The van der Waals surface area contributed by atoms with Gasteiger partial charge in [-0.05, 0) is 30.2 Å². The molecular formula is C15H16N2S. The van der Waals surface area contributed by atoms with Crippen LogP contribution in [0.5, 0.6) is 0 Å². The van der Waals surface area contributed by atoms with E-state index in [-0.39, 0.29) is 10.3 Å². The van der Waals surface area contributed by atoms with Crippen molar-refractivity contribution in [3.8, 4) is 12.1 Å². The molecule has 0 aliphatic heterocycles. The molecular weight excluding hydrogens is 240 g/mol. The summed E-state index contributed by atoms with van der Waals surface area (Å²) in [5.41, 5.74) is 1.82. The molecule has 0 aromatic heterocycles. The molecule has 0 atom stereocenters. The van der Waals surface area contributed by atoms with Crippen LogP contribution in [0, 0.1) is 22.7 Å². The normalized spacial score (nSPS) is 10.3. The van der Waals surface area contributed by atoms with E-state index in [0.717, 1.165) is 11.1 Å². The Morgan fingerprint density at radius 3 is 1.94 bits per heavy atom. The molecule has 0 aliphatic rings. The largest absolute Gasteiger partial charge is 0.192 e. The first kappa shape index (κ1) is 14.4. The summed E-state index contributed by atoms with van der Waals surface area (Å²) >= 11 is 1.79. The lowest BCUT2D eigenvalue weighted by molar-refractivity contribution is 0.803. The Hall–Kier alpha value is -1.71. The number of rotatable bonds is 2. The Morgan fingerprint density at radius 2 is 1.56 bits per heavy atom. The summed E-state index contributed by atoms with van der Waals surface area (Å²) in [6.45, 7) is 8.30. The topological polar surface area (TPSA) is 47.6 Å². The predicted molar refractivity (Wildman–Crippen MR) is 75.9 cm³/mol. The fourth-order valence-electron chi connectivity index (χ4n) is 1.46. The molecule has 0 spiro atoms. The van der Waals surface area contributed by atoms with Gasteiger partial charge >= 0.3 is 0 Å². The molecule has 3 heteroatoms. The third-order valence-corrected chi connectivity index (χ3v) is 3.43. The first-order valence-electron chi connectivity index (χ1n) is 5.68. The summed E-state index contributed by atoms with van der Waals surface area (Å²) in [6, 6.07) is 11.8. The molecule has 92 valence electrons. The van der Waals surface area contributed by atoms with Gasteiger partial charge in [0, 0.05) is 9.64 Å². The molecule has 2 nitrogen and oxygen atoms in total. The Balaban J connectivity index is 3.02. The van der Waals surface area contributed by atoms with E-state index in [0.29, 0.717) is 0 Å². The molecule has 1 aromatic rings. The van der Waals surface area contributed by atoms with Gasteiger partial charge in [-0.25, -0.2) is 0 Å². The van der Waals surface area contributed by atoms with E-state index in [1.165, 1.54) is 4.90 Å². The van der Waals surface area contributed by atoms with E-state index < -0.39 is 0 Å². The predicted octanol–water partition coefficient (Wildman–Crippen LogP) is 4.40. The molecule has 0 bridgehead atoms. The number of nitriles is 2. The van der Waals surface area contributed by atoms with Gasteiger partial charge in [0.05, 0.1) is 0 Å². The molecule has 0 fully saturated rings. The van der Waals surface area contributed by atoms with Crippen molar-refractivity contribution < 1.29 is 0 Å². The van der Waals surface area contributed by atoms with E-state index in [9.17, 15) is 0 Å². The molecule has 0 unspecified atom stereocenters. The van der Waals surface area contributed by atoms with Crippen LogP contribution in [0.3, 0.4) is 0 Å². The SMILES string of the molecule is CC(=C(C#N)C#N)c1ccc(SC(C)(C)C)cc1. The summed E-state index contributed by atoms with van der Waals surface area (Å²) in [6.07, 6.45) is 0. The second-order valence-corrected chi connectivity index (χ2v) is 6.86. The van der Waals surface area contributed by atoms with Crippen molar-refractivity contribution in [2.75, 3.05) is 0 Å². The highest BCUT2D eigenvalue weighted by Crippen LogP contribution is 2.32. The van der Waals surface area contributed by atoms with Crippen molar-refractivity contribution in [2.24, 2.45) is 0 Å². The van der Waals surface area contributed by atoms with Gasteiger partial charge in [0.25, 0.3) is 0 Å². The minimum atomic E-state index is 0.172. The third kappa shape index (κ3) is 3.95. The number of nitrogens with zero attached hydrogens (tertiary/aromatic N) is 2. The molecule has 0 amide bonds. The van der Waals surface area contributed by atoms with Gasteiger partial charge in [0.1, 0.15) is 17.7 Å². The highest BCUT2D eigenvalue weighted by Gasteiger charge is 2.12. The average molecular weight is 256 g/mol. The first-order valence-corrected chi connectivity index (χ1v) is 6.49. The van der Waals surface area contributed by atoms with Gasteiger partial charge in [0.2, 0.25) is 0 Å². The van der Waals surface area contributed by atoms with Crippen LogP contribution in [0.25, 0.3) is 5.57 Å². The van der Waals surface area contributed by atoms with Crippen molar-refractivity contribution >= 4 is 17.3 Å². The van der Waals surface area contributed by atoms with E-state index in [1.54, 1.807) is 18.7 Å². The summed E-state index contributed by atoms with van der Waals surface area (Å²) in [4.78, 5) is 1.19. The molecule has 0 saturated carbocycles. The summed E-state index contributed by atoms with van der Waals surface area (Å²) in [5, 5.41) is 17.7. The Morgan fingerprint density at radius 1 is 1.06 bits per heavy atom. The Bertz CT molecular complexity index is 518. The van der Waals surface area contributed by atoms with Crippen LogP contribution in [-0.2, 0) is 0 Å². The molecule has 0 N–H and O–H groups in total. The molecule has 0 radical (unpaired) electrons. The van der Waals surface area contributed by atoms with Gasteiger partial charge in [-0.1, -0.05) is 32.9 Å². The van der Waals surface area contributed by atoms with Crippen LogP contribution >= 0.6 is 11.8 Å². The quantitative estimate of drug-likeness (QED) is 0.582. The monoisotopic (exact) mass is 256 g/mol. The molecule has 0 aliphatic carbocycles. The van der Waals surface area contributed by atoms with Gasteiger partial charge in [0.15, 0.2) is 0 Å². The second-order valence-electron chi connectivity index (χ2n) is 4.96. The Kier molecular flexibility index (Phi) is 4.59. The number of allylic oxidation sites excluding steroid dienone is 2. The van der Waals surface area contributed by atoms with Crippen LogP contribution in [-0.4, -0.2) is 4.75 Å². The fraction of sp³-hybridized carbons (Fsp3) is 0.333. The van der Waals surface area contributed by atoms with Gasteiger partial charge in [-0.2, -0.15) is 10.5 Å². The molecule has 0 heterocycles. The number of hydrogen-bond donors (Lipinski definition) is 0. The smallest absolute Gasteiger partial charge is 0.133 e. The van der Waals surface area contributed by atoms with Crippen molar-refractivity contribution in [3.63, 3.8) is 0 Å². The van der Waals surface area contributed by atoms with Crippen LogP contribution in [0.2, 0.25) is 0 Å². The lowest BCUT2D eigenvalue weighted by Gasteiger charge is -2.17. The van der Waals surface area contributed by atoms with Crippen LogP contribution < -0.4 is 0 Å². The summed E-state index contributed by atoms with van der Waals surface area (Å²) < 4.78 is 0.177. The maximum absolute atomic E-state index is 8.83. The molecule has 1 rings (SSSR count). The highest BCUT2D eigenvalue weighted by molar-refractivity contribution is 8.00. The van der Waals surface area contributed by atoms with E-state index >= 15 is 0 Å². The minimum absolute atomic E-state index is 0.172. The lowest BCUT2D eigenvalue weighted by atomic mass is 10.0. The zero-order valence-electron chi connectivity index (χ0n) is 11.1. The fourth-order valence-corrected chi connectivity index (χ4v) is 2.44. The minimum Gasteiger partial charge on any atom is -0.192 e. The van der Waals surface area contributed by atoms with Gasteiger partial charge in [-0.15, -0.1) is 11.8 Å². The number of thioether (sulfide) groups is 1. The maximum Gasteiger partial charge on any atom is 0.133 e. The molecule has 18 heavy (non-hydrogen) atoms. The van der Waals surface area contributed by atoms with Crippen molar-refractivity contribution in [3.05, 3.63) is 35.4 Å². The maximum atomic E-state index is 8.83. The second kappa shape index (κ2) is 5.76. The first-order chi connectivity index (χ1) is 8.37. The molecule has 1 aromatic carbocycles. The zero-order chi connectivity index (χ0) is 13.8. The van der Waals surface area contributed by atoms with Crippen molar-refractivity contribution in [2.45, 2.75) is 37.3 Å². The molecule has 0 saturated heterocycles. The van der Waals surface area contributed by atoms with Crippen molar-refractivity contribution in [1.29, 1.82) is 10.5 Å². The zero-order valence-corrected chi connectivity index (χ0v) is 11.9. The van der Waals surface area contributed by atoms with Gasteiger partial charge in [-0.3, -0.25) is 0 Å². The van der Waals surface area contributed by atoms with Crippen LogP contribution in [0.1, 0.15) is 33.3 Å². The van der Waals surface area contributed by atoms with Crippen molar-refractivity contribution in [1.82, 2.24) is 0 Å². The van der Waals surface area contributed by atoms with E-state index in [4.69, 9.17) is 10.5 Å². The number of benzene rings is 1.